The molecule has 1 fully saturated rings. The van der Waals surface area contributed by atoms with Crippen LogP contribution in [0.3, 0.4) is 0 Å². The van der Waals surface area contributed by atoms with E-state index in [4.69, 9.17) is 0 Å². The van der Waals surface area contributed by atoms with Gasteiger partial charge < -0.3 is 5.32 Å². The lowest BCUT2D eigenvalue weighted by molar-refractivity contribution is -0.117. The Morgan fingerprint density at radius 3 is 2.70 bits per heavy atom. The highest BCUT2D eigenvalue weighted by Gasteiger charge is 2.25. The van der Waals surface area contributed by atoms with E-state index < -0.39 is 0 Å². The minimum absolute atomic E-state index is 0.0816. The van der Waals surface area contributed by atoms with Crippen molar-refractivity contribution in [2.24, 2.45) is 0 Å². The molecule has 2 aromatic heterocycles. The molecule has 0 aliphatic heterocycles. The van der Waals surface area contributed by atoms with Crippen LogP contribution in [0.15, 0.2) is 41.5 Å². The van der Waals surface area contributed by atoms with Gasteiger partial charge in [0.2, 0.25) is 5.91 Å². The predicted octanol–water partition coefficient (Wildman–Crippen LogP) is 1.15. The topological polar surface area (TPSA) is 76.9 Å². The van der Waals surface area contributed by atoms with Crippen molar-refractivity contribution in [3.05, 3.63) is 52.7 Å². The first kappa shape index (κ1) is 12.5. The molecule has 1 N–H and O–H groups in total. The molecule has 0 radical (unpaired) electrons. The summed E-state index contributed by atoms with van der Waals surface area (Å²) in [6.45, 7) is -0.0816. The Kier molecular flexibility index (Phi) is 3.28. The van der Waals surface area contributed by atoms with Gasteiger partial charge >= 0.3 is 0 Å². The summed E-state index contributed by atoms with van der Waals surface area (Å²) >= 11 is 0. The van der Waals surface area contributed by atoms with Gasteiger partial charge in [0, 0.05) is 30.1 Å². The highest BCUT2D eigenvalue weighted by molar-refractivity contribution is 5.90. The number of hydrogen-bond donors (Lipinski definition) is 1. The monoisotopic (exact) mass is 270 g/mol. The summed E-state index contributed by atoms with van der Waals surface area (Å²) in [4.78, 5) is 27.5. The van der Waals surface area contributed by atoms with E-state index in [-0.39, 0.29) is 18.0 Å². The Labute approximate surface area is 115 Å². The molecule has 1 saturated carbocycles. The third-order valence-corrected chi connectivity index (χ3v) is 3.14. The van der Waals surface area contributed by atoms with Crippen molar-refractivity contribution >= 4 is 11.6 Å². The van der Waals surface area contributed by atoms with Crippen LogP contribution in [0, 0.1) is 0 Å². The lowest BCUT2D eigenvalue weighted by Gasteiger charge is -2.07. The molecule has 0 saturated heterocycles. The van der Waals surface area contributed by atoms with Crippen LogP contribution in [0.2, 0.25) is 0 Å². The molecule has 0 unspecified atom stereocenters. The van der Waals surface area contributed by atoms with E-state index in [1.165, 1.54) is 10.7 Å². The zero-order valence-electron chi connectivity index (χ0n) is 10.8. The molecule has 0 spiro atoms. The predicted molar refractivity (Wildman–Crippen MR) is 73.3 cm³/mol. The molecule has 6 nitrogen and oxygen atoms in total. The van der Waals surface area contributed by atoms with Crippen molar-refractivity contribution in [1.82, 2.24) is 14.8 Å². The van der Waals surface area contributed by atoms with Crippen molar-refractivity contribution in [3.63, 3.8) is 0 Å². The van der Waals surface area contributed by atoms with Gasteiger partial charge in [-0.3, -0.25) is 14.6 Å². The average Bonchev–Trinajstić information content (AvgIpc) is 3.27. The molecule has 1 aliphatic rings. The van der Waals surface area contributed by atoms with Crippen LogP contribution in [0.4, 0.5) is 5.69 Å². The normalized spacial score (nSPS) is 14.0. The molecule has 6 heteroatoms. The largest absolute Gasteiger partial charge is 0.324 e. The summed E-state index contributed by atoms with van der Waals surface area (Å²) in [6.07, 6.45) is 5.39. The summed E-state index contributed by atoms with van der Waals surface area (Å²) in [5.74, 6) is 0.170. The van der Waals surface area contributed by atoms with Crippen LogP contribution in [0.5, 0.6) is 0 Å². The van der Waals surface area contributed by atoms with E-state index >= 15 is 0 Å². The van der Waals surface area contributed by atoms with E-state index in [0.717, 1.165) is 18.5 Å². The Morgan fingerprint density at radius 2 is 2.00 bits per heavy atom. The minimum atomic E-state index is -0.279. The molecule has 3 rings (SSSR count). The SMILES string of the molecule is O=C(Cn1nc(C2CC2)ccc1=O)Nc1ccncc1. The molecular weight excluding hydrogens is 256 g/mol. The van der Waals surface area contributed by atoms with Crippen molar-refractivity contribution in [1.29, 1.82) is 0 Å². The van der Waals surface area contributed by atoms with Crippen LogP contribution in [-0.2, 0) is 11.3 Å². The molecule has 2 aromatic rings. The molecule has 0 bridgehead atoms. The molecule has 0 atom stereocenters. The molecule has 20 heavy (non-hydrogen) atoms. The van der Waals surface area contributed by atoms with Crippen molar-refractivity contribution in [2.45, 2.75) is 25.3 Å². The first-order valence-corrected chi connectivity index (χ1v) is 6.50. The van der Waals surface area contributed by atoms with Crippen molar-refractivity contribution in [2.75, 3.05) is 5.32 Å². The zero-order chi connectivity index (χ0) is 13.9. The molecule has 2 heterocycles. The van der Waals surface area contributed by atoms with Crippen molar-refractivity contribution < 1.29 is 4.79 Å². The fourth-order valence-corrected chi connectivity index (χ4v) is 1.95. The number of pyridine rings is 1. The van der Waals surface area contributed by atoms with Gasteiger partial charge in [-0.2, -0.15) is 5.10 Å². The van der Waals surface area contributed by atoms with E-state index in [1.807, 2.05) is 0 Å². The maximum atomic E-state index is 11.9. The second kappa shape index (κ2) is 5.24. The number of hydrogen-bond acceptors (Lipinski definition) is 4. The Morgan fingerprint density at radius 1 is 1.25 bits per heavy atom. The minimum Gasteiger partial charge on any atom is -0.324 e. The van der Waals surface area contributed by atoms with Crippen molar-refractivity contribution in [3.8, 4) is 0 Å². The fourth-order valence-electron chi connectivity index (χ4n) is 1.95. The van der Waals surface area contributed by atoms with E-state index in [0.29, 0.717) is 11.6 Å². The summed E-state index contributed by atoms with van der Waals surface area (Å²) < 4.78 is 1.21. The quantitative estimate of drug-likeness (QED) is 0.904. The van der Waals surface area contributed by atoms with Crippen LogP contribution in [0.25, 0.3) is 0 Å². The smallest absolute Gasteiger partial charge is 0.267 e. The lowest BCUT2D eigenvalue weighted by Crippen LogP contribution is -2.29. The number of nitrogens with one attached hydrogen (secondary N) is 1. The molecule has 0 aromatic carbocycles. The van der Waals surface area contributed by atoms with E-state index in [1.54, 1.807) is 30.6 Å². The summed E-state index contributed by atoms with van der Waals surface area (Å²) in [6, 6.07) is 6.60. The second-order valence-electron chi connectivity index (χ2n) is 4.81. The molecule has 1 aliphatic carbocycles. The van der Waals surface area contributed by atoms with Crippen LogP contribution >= 0.6 is 0 Å². The average molecular weight is 270 g/mol. The van der Waals surface area contributed by atoms with Gasteiger partial charge in [0.05, 0.1) is 5.69 Å². The van der Waals surface area contributed by atoms with Gasteiger partial charge in [-0.25, -0.2) is 4.68 Å². The Bertz CT molecular complexity index is 677. The third-order valence-electron chi connectivity index (χ3n) is 3.14. The van der Waals surface area contributed by atoms with Crippen LogP contribution in [-0.4, -0.2) is 20.7 Å². The Balaban J connectivity index is 1.72. The van der Waals surface area contributed by atoms with Gasteiger partial charge in [0.25, 0.3) is 5.56 Å². The summed E-state index contributed by atoms with van der Waals surface area (Å²) in [7, 11) is 0. The lowest BCUT2D eigenvalue weighted by atomic mass is 10.3. The Hall–Kier alpha value is -2.50. The zero-order valence-corrected chi connectivity index (χ0v) is 10.8. The first-order chi connectivity index (χ1) is 9.72. The van der Waals surface area contributed by atoms with Gasteiger partial charge in [0.1, 0.15) is 6.54 Å². The van der Waals surface area contributed by atoms with Gasteiger partial charge in [-0.15, -0.1) is 0 Å². The van der Waals surface area contributed by atoms with E-state index in [2.05, 4.69) is 15.4 Å². The molecule has 1 amide bonds. The highest BCUT2D eigenvalue weighted by Crippen LogP contribution is 2.38. The number of carbonyl (C=O) groups excluding carboxylic acids is 1. The summed E-state index contributed by atoms with van der Waals surface area (Å²) in [5, 5.41) is 6.95. The standard InChI is InChI=1S/C14H14N4O2/c19-13(16-11-5-7-15-8-6-11)9-18-14(20)4-3-12(17-18)10-1-2-10/h3-8,10H,1-2,9H2,(H,15,16,19). The van der Waals surface area contributed by atoms with Crippen LogP contribution in [0.1, 0.15) is 24.5 Å². The maximum Gasteiger partial charge on any atom is 0.267 e. The third kappa shape index (κ3) is 2.90. The van der Waals surface area contributed by atoms with E-state index in [9.17, 15) is 9.59 Å². The number of aromatic nitrogens is 3. The second-order valence-corrected chi connectivity index (χ2v) is 4.81. The van der Waals surface area contributed by atoms with Crippen LogP contribution < -0.4 is 10.9 Å². The summed E-state index contributed by atoms with van der Waals surface area (Å²) in [5.41, 5.74) is 1.27. The number of carbonyl (C=O) groups is 1. The number of rotatable bonds is 4. The number of nitrogens with zero attached hydrogens (tertiary/aromatic N) is 3. The number of amides is 1. The fraction of sp³-hybridized carbons (Fsp3) is 0.286. The van der Waals surface area contributed by atoms with Gasteiger partial charge in [0.15, 0.2) is 0 Å². The van der Waals surface area contributed by atoms with Gasteiger partial charge in [-0.05, 0) is 31.0 Å². The highest BCUT2D eigenvalue weighted by atomic mass is 16.2. The molecule has 102 valence electrons. The first-order valence-electron chi connectivity index (χ1n) is 6.50. The molecular formula is C14H14N4O2. The maximum absolute atomic E-state index is 11.9. The number of anilines is 1. The van der Waals surface area contributed by atoms with Gasteiger partial charge in [-0.1, -0.05) is 0 Å².